The van der Waals surface area contributed by atoms with E-state index in [1.165, 1.54) is 12.1 Å². The van der Waals surface area contributed by atoms with Gasteiger partial charge < -0.3 is 15.2 Å². The van der Waals surface area contributed by atoms with Crippen LogP contribution in [0.5, 0.6) is 0 Å². The number of carbonyl (C=O) groups excluding carboxylic acids is 3. The second-order valence-corrected chi connectivity index (χ2v) is 9.65. The molecule has 2 amide bonds. The van der Waals surface area contributed by atoms with Crippen molar-refractivity contribution in [1.82, 2.24) is 9.88 Å². The van der Waals surface area contributed by atoms with Crippen molar-refractivity contribution in [3.8, 4) is 0 Å². The molecule has 1 heterocycles. The summed E-state index contributed by atoms with van der Waals surface area (Å²) in [5.41, 5.74) is 2.72. The van der Waals surface area contributed by atoms with Gasteiger partial charge in [-0.1, -0.05) is 13.8 Å². The molecule has 0 bridgehead atoms. The first-order valence-corrected chi connectivity index (χ1v) is 11.0. The van der Waals surface area contributed by atoms with Crippen LogP contribution in [0.1, 0.15) is 77.2 Å². The fraction of sp³-hybridized carbons (Fsp3) is 0.480. The molecule has 172 valence electrons. The van der Waals surface area contributed by atoms with Gasteiger partial charge in [0.05, 0.1) is 11.3 Å². The number of nitrogens with zero attached hydrogens (tertiary/aromatic N) is 1. The van der Waals surface area contributed by atoms with Gasteiger partial charge >= 0.3 is 0 Å². The number of anilines is 1. The van der Waals surface area contributed by atoms with Crippen LogP contribution in [0.15, 0.2) is 18.2 Å². The highest BCUT2D eigenvalue weighted by Crippen LogP contribution is 2.35. The lowest BCUT2D eigenvalue weighted by Crippen LogP contribution is -2.42. The third kappa shape index (κ3) is 4.76. The van der Waals surface area contributed by atoms with Gasteiger partial charge in [-0.25, -0.2) is 4.39 Å². The Bertz CT molecular complexity index is 1070. The molecule has 6 nitrogen and oxygen atoms in total. The summed E-state index contributed by atoms with van der Waals surface area (Å²) in [4.78, 5) is 38.7. The monoisotopic (exact) mass is 441 g/mol. The van der Waals surface area contributed by atoms with E-state index in [1.807, 2.05) is 0 Å². The van der Waals surface area contributed by atoms with Gasteiger partial charge in [-0.15, -0.1) is 0 Å². The van der Waals surface area contributed by atoms with Crippen molar-refractivity contribution >= 4 is 23.3 Å². The zero-order valence-corrected chi connectivity index (χ0v) is 19.7. The largest absolute Gasteiger partial charge is 0.346 e. The van der Waals surface area contributed by atoms with Crippen molar-refractivity contribution < 1.29 is 18.8 Å². The first kappa shape index (κ1) is 23.7. The maximum absolute atomic E-state index is 13.5. The highest BCUT2D eigenvalue weighted by atomic mass is 19.1. The smallest absolute Gasteiger partial charge is 0.294 e. The summed E-state index contributed by atoms with van der Waals surface area (Å²) in [5.74, 6) is -2.04. The average Bonchev–Trinajstić information content (AvgIpc) is 2.94. The first-order chi connectivity index (χ1) is 14.9. The Kier molecular flexibility index (Phi) is 6.58. The maximum Gasteiger partial charge on any atom is 0.294 e. The van der Waals surface area contributed by atoms with E-state index in [2.05, 4.69) is 24.5 Å². The minimum Gasteiger partial charge on any atom is -0.346 e. The van der Waals surface area contributed by atoms with Crippen molar-refractivity contribution in [3.63, 3.8) is 0 Å². The van der Waals surface area contributed by atoms with E-state index in [4.69, 9.17) is 0 Å². The molecule has 0 aliphatic heterocycles. The summed E-state index contributed by atoms with van der Waals surface area (Å²) in [6, 6.07) is 4.32. The molecule has 1 aromatic heterocycles. The molecule has 2 aromatic rings. The molecular formula is C25H32FN3O3. The molecule has 1 saturated carbocycles. The van der Waals surface area contributed by atoms with E-state index in [0.29, 0.717) is 28.1 Å². The zero-order chi connectivity index (χ0) is 23.8. The van der Waals surface area contributed by atoms with Gasteiger partial charge in [-0.05, 0) is 81.2 Å². The molecule has 0 saturated heterocycles. The second-order valence-electron chi connectivity index (χ2n) is 9.65. The molecule has 1 aromatic carbocycles. The fourth-order valence-corrected chi connectivity index (χ4v) is 4.45. The Hall–Kier alpha value is -2.96. The lowest BCUT2D eigenvalue weighted by molar-refractivity contribution is -0.118. The number of aryl methyl sites for hydroxylation is 1. The average molecular weight is 442 g/mol. The predicted molar refractivity (Wildman–Crippen MR) is 122 cm³/mol. The number of amides is 2. The van der Waals surface area contributed by atoms with Gasteiger partial charge in [0.15, 0.2) is 0 Å². The molecule has 1 fully saturated rings. The van der Waals surface area contributed by atoms with Crippen molar-refractivity contribution in [2.75, 3.05) is 5.32 Å². The summed E-state index contributed by atoms with van der Waals surface area (Å²) < 4.78 is 15.1. The number of carbonyl (C=O) groups is 3. The van der Waals surface area contributed by atoms with Gasteiger partial charge in [-0.3, -0.25) is 14.4 Å². The van der Waals surface area contributed by atoms with Crippen LogP contribution >= 0.6 is 0 Å². The number of ketones is 1. The summed E-state index contributed by atoms with van der Waals surface area (Å²) >= 11 is 0. The quantitative estimate of drug-likeness (QED) is 0.525. The normalized spacial score (nSPS) is 16.0. The van der Waals surface area contributed by atoms with Crippen molar-refractivity contribution in [2.45, 2.75) is 66.3 Å². The highest BCUT2D eigenvalue weighted by Gasteiger charge is 2.32. The number of Topliss-reactive ketones (excluding diaryl/α,β-unsaturated/α-hetero) is 1. The van der Waals surface area contributed by atoms with Gasteiger partial charge in [0, 0.05) is 24.5 Å². The van der Waals surface area contributed by atoms with E-state index >= 15 is 0 Å². The van der Waals surface area contributed by atoms with Crippen molar-refractivity contribution in [2.24, 2.45) is 12.5 Å². The second kappa shape index (κ2) is 8.88. The summed E-state index contributed by atoms with van der Waals surface area (Å²) in [6.45, 7) is 9.45. The topological polar surface area (TPSA) is 80.2 Å². The number of hydrogen-bond acceptors (Lipinski definition) is 3. The molecule has 0 atom stereocenters. The lowest BCUT2D eigenvalue weighted by Gasteiger charge is -2.34. The number of benzene rings is 1. The molecule has 0 spiro atoms. The predicted octanol–water partition coefficient (Wildman–Crippen LogP) is 4.61. The van der Waals surface area contributed by atoms with Gasteiger partial charge in [-0.2, -0.15) is 0 Å². The zero-order valence-electron chi connectivity index (χ0n) is 19.7. The highest BCUT2D eigenvalue weighted by molar-refractivity contribution is 6.43. The minimum atomic E-state index is -0.644. The summed E-state index contributed by atoms with van der Waals surface area (Å²) in [5, 5.41) is 5.64. The molecule has 2 N–H and O–H groups in total. The van der Waals surface area contributed by atoms with E-state index < -0.39 is 17.6 Å². The summed E-state index contributed by atoms with van der Waals surface area (Å²) in [7, 11) is 1.67. The molecule has 1 aliphatic carbocycles. The van der Waals surface area contributed by atoms with E-state index in [-0.39, 0.29) is 23.0 Å². The number of hydrogen-bond donors (Lipinski definition) is 2. The SMILES string of the molecule is Cc1cc(NC(=O)c2c(C)c(C(=O)C(=O)NC3CCC(C)(C)CC3)n(C)c2C)ccc1F. The van der Waals surface area contributed by atoms with Gasteiger partial charge in [0.25, 0.3) is 17.6 Å². The Morgan fingerprint density at radius 3 is 2.31 bits per heavy atom. The van der Waals surface area contributed by atoms with Crippen LogP contribution in [0, 0.1) is 32.0 Å². The Morgan fingerprint density at radius 1 is 1.09 bits per heavy atom. The number of aromatic nitrogens is 1. The molecular weight excluding hydrogens is 409 g/mol. The Balaban J connectivity index is 1.78. The van der Waals surface area contributed by atoms with Crippen LogP contribution in [-0.2, 0) is 11.8 Å². The molecule has 3 rings (SSSR count). The standard InChI is InChI=1S/C25H32FN3O3/c1-14-13-18(7-8-19(14)26)28-23(31)20-15(2)21(29(6)16(20)3)22(30)24(32)27-17-9-11-25(4,5)12-10-17/h7-8,13,17H,9-12H2,1-6H3,(H,27,32)(H,28,31). The first-order valence-electron chi connectivity index (χ1n) is 11.0. The molecule has 0 unspecified atom stereocenters. The van der Waals surface area contributed by atoms with Crippen LogP contribution in [0.2, 0.25) is 0 Å². The number of halogens is 1. The fourth-order valence-electron chi connectivity index (χ4n) is 4.45. The minimum absolute atomic E-state index is 0.00867. The van der Waals surface area contributed by atoms with E-state index in [0.717, 1.165) is 25.7 Å². The molecule has 0 radical (unpaired) electrons. The van der Waals surface area contributed by atoms with Crippen molar-refractivity contribution in [1.29, 1.82) is 0 Å². The van der Waals surface area contributed by atoms with Crippen LogP contribution < -0.4 is 10.6 Å². The van der Waals surface area contributed by atoms with Crippen LogP contribution in [0.25, 0.3) is 0 Å². The van der Waals surface area contributed by atoms with Crippen LogP contribution in [-0.4, -0.2) is 28.2 Å². The number of rotatable bonds is 5. The maximum atomic E-state index is 13.5. The molecule has 1 aliphatic rings. The number of nitrogens with one attached hydrogen (secondary N) is 2. The van der Waals surface area contributed by atoms with Gasteiger partial charge in [0.1, 0.15) is 5.82 Å². The van der Waals surface area contributed by atoms with E-state index in [1.54, 1.807) is 38.5 Å². The van der Waals surface area contributed by atoms with Gasteiger partial charge in [0.2, 0.25) is 0 Å². The molecule has 7 heteroatoms. The third-order valence-corrected chi connectivity index (χ3v) is 6.67. The third-order valence-electron chi connectivity index (χ3n) is 6.67. The Morgan fingerprint density at radius 2 is 1.72 bits per heavy atom. The van der Waals surface area contributed by atoms with Crippen LogP contribution in [0.4, 0.5) is 10.1 Å². The summed E-state index contributed by atoms with van der Waals surface area (Å²) in [6.07, 6.45) is 3.70. The molecule has 32 heavy (non-hydrogen) atoms. The van der Waals surface area contributed by atoms with Crippen LogP contribution in [0.3, 0.4) is 0 Å². The Labute approximate surface area is 188 Å². The van der Waals surface area contributed by atoms with Crippen molar-refractivity contribution in [3.05, 3.63) is 52.1 Å². The van der Waals surface area contributed by atoms with E-state index in [9.17, 15) is 18.8 Å². The lowest BCUT2D eigenvalue weighted by atomic mass is 9.75.